The second-order valence-electron chi connectivity index (χ2n) is 8.95. The third-order valence-electron chi connectivity index (χ3n) is 6.94. The van der Waals surface area contributed by atoms with E-state index >= 15 is 0 Å². The van der Waals surface area contributed by atoms with E-state index in [1.165, 1.54) is 6.07 Å². The predicted molar refractivity (Wildman–Crippen MR) is 110 cm³/mol. The first-order valence-electron chi connectivity index (χ1n) is 11.1. The topological polar surface area (TPSA) is 69.3 Å². The summed E-state index contributed by atoms with van der Waals surface area (Å²) in [4.78, 5) is 36.9. The summed E-state index contributed by atoms with van der Waals surface area (Å²) in [5, 5.41) is 0. The van der Waals surface area contributed by atoms with Crippen LogP contribution in [0.5, 0.6) is 0 Å². The minimum absolute atomic E-state index is 0.0207. The van der Waals surface area contributed by atoms with Gasteiger partial charge in [-0.05, 0) is 38.3 Å². The zero-order valence-electron chi connectivity index (χ0n) is 17.4. The normalized spacial score (nSPS) is 21.7. The zero-order valence-corrected chi connectivity index (χ0v) is 17.4. The van der Waals surface area contributed by atoms with Crippen LogP contribution in [-0.4, -0.2) is 45.3 Å². The summed E-state index contributed by atoms with van der Waals surface area (Å²) in [6.45, 7) is 2.62. The maximum atomic E-state index is 14.0. The number of carbonyl (C=O) groups excluding carboxylic acids is 1. The van der Waals surface area contributed by atoms with E-state index < -0.39 is 11.6 Å². The quantitative estimate of drug-likeness (QED) is 0.813. The molecule has 0 spiro atoms. The average Bonchev–Trinajstić information content (AvgIpc) is 3.18. The minimum atomic E-state index is -0.838. The molecule has 2 aromatic rings. The Morgan fingerprint density at radius 1 is 1.19 bits per heavy atom. The average molecular weight is 428 g/mol. The van der Waals surface area contributed by atoms with Crippen molar-refractivity contribution in [3.63, 3.8) is 0 Å². The Morgan fingerprint density at radius 2 is 2.03 bits per heavy atom. The van der Waals surface area contributed by atoms with Crippen molar-refractivity contribution in [1.29, 1.82) is 0 Å². The summed E-state index contributed by atoms with van der Waals surface area (Å²) in [5.74, 6) is -0.673. The Labute approximate surface area is 179 Å². The van der Waals surface area contributed by atoms with Crippen molar-refractivity contribution in [1.82, 2.24) is 19.8 Å². The van der Waals surface area contributed by atoms with Gasteiger partial charge in [0, 0.05) is 42.6 Å². The van der Waals surface area contributed by atoms with Gasteiger partial charge in [-0.1, -0.05) is 18.6 Å². The van der Waals surface area contributed by atoms with E-state index in [1.807, 2.05) is 9.80 Å². The molecule has 1 saturated heterocycles. The Hall–Kier alpha value is -2.61. The summed E-state index contributed by atoms with van der Waals surface area (Å²) in [6, 6.07) is 4.23. The van der Waals surface area contributed by atoms with Gasteiger partial charge in [-0.2, -0.15) is 0 Å². The number of aromatic amines is 1. The summed E-state index contributed by atoms with van der Waals surface area (Å²) >= 11 is 0. The fourth-order valence-electron chi connectivity index (χ4n) is 4.86. The molecule has 0 unspecified atom stereocenters. The van der Waals surface area contributed by atoms with Crippen molar-refractivity contribution in [2.45, 2.75) is 51.1 Å². The molecule has 0 radical (unpaired) electrons. The predicted octanol–water partition coefficient (Wildman–Crippen LogP) is 2.72. The van der Waals surface area contributed by atoms with Crippen LogP contribution < -0.4 is 5.56 Å². The number of likely N-dealkylation sites (tertiary alicyclic amines) is 1. The van der Waals surface area contributed by atoms with Gasteiger partial charge in [0.1, 0.15) is 5.82 Å². The van der Waals surface area contributed by atoms with E-state index in [1.54, 1.807) is 6.07 Å². The van der Waals surface area contributed by atoms with Crippen LogP contribution >= 0.6 is 0 Å². The third-order valence-corrected chi connectivity index (χ3v) is 6.94. The maximum Gasteiger partial charge on any atom is 0.254 e. The van der Waals surface area contributed by atoms with Crippen molar-refractivity contribution in [3.05, 3.63) is 62.8 Å². The van der Waals surface area contributed by atoms with Gasteiger partial charge in [0.15, 0.2) is 11.6 Å². The summed E-state index contributed by atoms with van der Waals surface area (Å²) < 4.78 is 27.5. The number of aromatic nitrogens is 2. The van der Waals surface area contributed by atoms with Crippen LogP contribution in [0.4, 0.5) is 8.78 Å². The second-order valence-corrected chi connectivity index (χ2v) is 8.95. The molecule has 6 nitrogen and oxygen atoms in total. The van der Waals surface area contributed by atoms with Crippen LogP contribution in [0.3, 0.4) is 0 Å². The molecule has 164 valence electrons. The fraction of sp³-hybridized carbons (Fsp3) is 0.522. The highest BCUT2D eigenvalue weighted by Crippen LogP contribution is 2.31. The maximum absolute atomic E-state index is 14.0. The van der Waals surface area contributed by atoms with Crippen LogP contribution in [0.1, 0.15) is 54.2 Å². The van der Waals surface area contributed by atoms with Gasteiger partial charge >= 0.3 is 0 Å². The lowest BCUT2D eigenvalue weighted by atomic mass is 9.84. The highest BCUT2D eigenvalue weighted by Gasteiger charge is 2.33. The molecule has 1 saturated carbocycles. The number of halogens is 2. The molecule has 8 heteroatoms. The lowest BCUT2D eigenvalue weighted by Crippen LogP contribution is -2.43. The molecular weight excluding hydrogens is 402 g/mol. The number of amides is 1. The highest BCUT2D eigenvalue weighted by molar-refractivity contribution is 5.79. The fourth-order valence-corrected chi connectivity index (χ4v) is 4.86. The summed E-state index contributed by atoms with van der Waals surface area (Å²) in [5.41, 5.74) is 1.59. The Bertz CT molecular complexity index is 1070. The van der Waals surface area contributed by atoms with Gasteiger partial charge in [-0.15, -0.1) is 0 Å². The van der Waals surface area contributed by atoms with Crippen LogP contribution in [-0.2, 0) is 24.3 Å². The Kier molecular flexibility index (Phi) is 5.33. The Morgan fingerprint density at radius 3 is 2.81 bits per heavy atom. The molecule has 1 aromatic carbocycles. The van der Waals surface area contributed by atoms with Crippen LogP contribution in [0, 0.1) is 17.6 Å². The summed E-state index contributed by atoms with van der Waals surface area (Å²) in [7, 11) is 0. The first kappa shape index (κ1) is 20.3. The van der Waals surface area contributed by atoms with Gasteiger partial charge in [-0.3, -0.25) is 14.5 Å². The molecular formula is C23H26F2N4O2. The number of fused-ring (bicyclic) bond motifs is 1. The highest BCUT2D eigenvalue weighted by atomic mass is 19.2. The molecule has 1 aromatic heterocycles. The minimum Gasteiger partial charge on any atom is -0.336 e. The SMILES string of the molecule is O=C(C1CCC1)N1CCc2c(nc([C@H]3CCN(Cc4cccc(F)c4F)C3)[nH]c2=O)C1. The van der Waals surface area contributed by atoms with E-state index in [0.29, 0.717) is 61.8 Å². The van der Waals surface area contributed by atoms with Crippen molar-refractivity contribution in [2.75, 3.05) is 19.6 Å². The number of nitrogens with one attached hydrogen (secondary N) is 1. The van der Waals surface area contributed by atoms with Crippen molar-refractivity contribution < 1.29 is 13.6 Å². The number of benzene rings is 1. The molecule has 31 heavy (non-hydrogen) atoms. The number of rotatable bonds is 4. The van der Waals surface area contributed by atoms with Crippen molar-refractivity contribution in [3.8, 4) is 0 Å². The lowest BCUT2D eigenvalue weighted by molar-refractivity contribution is -0.139. The largest absolute Gasteiger partial charge is 0.336 e. The van der Waals surface area contributed by atoms with E-state index in [9.17, 15) is 18.4 Å². The van der Waals surface area contributed by atoms with Crippen molar-refractivity contribution >= 4 is 5.91 Å². The zero-order chi connectivity index (χ0) is 21.5. The molecule has 2 fully saturated rings. The first-order valence-corrected chi connectivity index (χ1v) is 11.1. The number of nitrogens with zero attached hydrogens (tertiary/aromatic N) is 3. The van der Waals surface area contributed by atoms with E-state index in [-0.39, 0.29) is 23.3 Å². The smallest absolute Gasteiger partial charge is 0.254 e. The standard InChI is InChI=1S/C23H26F2N4O2/c24-18-6-2-5-15(20(18)25)11-28-9-7-16(12-28)21-26-19-13-29(23(31)14-3-1-4-14)10-8-17(19)22(30)27-21/h2,5-6,14,16H,1,3-4,7-13H2,(H,26,27,30)/t16-/m0/s1. The van der Waals surface area contributed by atoms with Gasteiger partial charge in [-0.25, -0.2) is 13.8 Å². The second kappa shape index (κ2) is 8.15. The van der Waals surface area contributed by atoms with Crippen LogP contribution in [0.2, 0.25) is 0 Å². The third kappa shape index (κ3) is 3.89. The number of H-pyrrole nitrogens is 1. The van der Waals surface area contributed by atoms with Crippen LogP contribution in [0.25, 0.3) is 0 Å². The molecule has 3 aliphatic rings. The summed E-state index contributed by atoms with van der Waals surface area (Å²) in [6.07, 6.45) is 4.34. The molecule has 5 rings (SSSR count). The molecule has 3 heterocycles. The van der Waals surface area contributed by atoms with E-state index in [2.05, 4.69) is 4.98 Å². The van der Waals surface area contributed by atoms with Gasteiger partial charge < -0.3 is 9.88 Å². The Balaban J connectivity index is 1.30. The first-order chi connectivity index (χ1) is 15.0. The molecule has 1 N–H and O–H groups in total. The lowest BCUT2D eigenvalue weighted by Gasteiger charge is -2.34. The molecule has 1 amide bonds. The monoisotopic (exact) mass is 428 g/mol. The molecule has 1 atom stereocenters. The van der Waals surface area contributed by atoms with E-state index in [0.717, 1.165) is 31.7 Å². The van der Waals surface area contributed by atoms with Crippen LogP contribution in [0.15, 0.2) is 23.0 Å². The van der Waals surface area contributed by atoms with Gasteiger partial charge in [0.2, 0.25) is 5.91 Å². The van der Waals surface area contributed by atoms with Crippen molar-refractivity contribution in [2.24, 2.45) is 5.92 Å². The number of hydrogen-bond acceptors (Lipinski definition) is 4. The van der Waals surface area contributed by atoms with Gasteiger partial charge in [0.25, 0.3) is 5.56 Å². The van der Waals surface area contributed by atoms with E-state index in [4.69, 9.17) is 4.98 Å². The number of carbonyl (C=O) groups is 1. The molecule has 1 aliphatic carbocycles. The number of hydrogen-bond donors (Lipinski definition) is 1. The molecule has 0 bridgehead atoms. The van der Waals surface area contributed by atoms with Gasteiger partial charge in [0.05, 0.1) is 12.2 Å². The molecule has 2 aliphatic heterocycles.